The van der Waals surface area contributed by atoms with E-state index in [-0.39, 0.29) is 17.5 Å². The molecule has 1 heterocycles. The van der Waals surface area contributed by atoms with Crippen LogP contribution in [0.5, 0.6) is 0 Å². The molecular weight excluding hydrogens is 444 g/mol. The first kappa shape index (κ1) is 24.4. The molecule has 0 saturated heterocycles. The van der Waals surface area contributed by atoms with E-state index >= 15 is 0 Å². The minimum atomic E-state index is -0.838. The van der Waals surface area contributed by atoms with Gasteiger partial charge >= 0.3 is 5.69 Å². The predicted octanol–water partition coefficient (Wildman–Crippen LogP) is 1.29. The van der Waals surface area contributed by atoms with Gasteiger partial charge in [0.25, 0.3) is 11.8 Å². The zero-order chi connectivity index (χ0) is 25.5. The van der Waals surface area contributed by atoms with Gasteiger partial charge in [-0.05, 0) is 72.3 Å². The molecule has 4 rings (SSSR count). The molecule has 0 aliphatic heterocycles. The van der Waals surface area contributed by atoms with Crippen LogP contribution in [0, 0.1) is 0 Å². The molecule has 0 unspecified atom stereocenters. The van der Waals surface area contributed by atoms with Crippen molar-refractivity contribution < 1.29 is 9.59 Å². The quantitative estimate of drug-likeness (QED) is 0.576. The summed E-state index contributed by atoms with van der Waals surface area (Å²) < 4.78 is 1.28. The summed E-state index contributed by atoms with van der Waals surface area (Å²) in [5.41, 5.74) is 10.1. The number of carbonyl (C=O) groups excluding carboxylic acids is 2. The highest BCUT2D eigenvalue weighted by molar-refractivity contribution is 5.95. The maximum atomic E-state index is 12.7. The van der Waals surface area contributed by atoms with Crippen LogP contribution in [0.4, 0.5) is 0 Å². The molecule has 184 valence electrons. The fourth-order valence-corrected chi connectivity index (χ4v) is 5.08. The Kier molecular flexibility index (Phi) is 6.38. The van der Waals surface area contributed by atoms with E-state index < -0.39 is 5.41 Å². The lowest BCUT2D eigenvalue weighted by molar-refractivity contribution is 0.0820. The van der Waals surface area contributed by atoms with Crippen LogP contribution in [0.3, 0.4) is 0 Å². The van der Waals surface area contributed by atoms with Crippen molar-refractivity contribution in [2.45, 2.75) is 24.7 Å². The molecule has 3 aromatic rings. The second-order valence-electron chi connectivity index (χ2n) is 9.49. The van der Waals surface area contributed by atoms with Crippen molar-refractivity contribution >= 4 is 11.8 Å². The molecule has 0 atom stereocenters. The fourth-order valence-electron chi connectivity index (χ4n) is 5.08. The normalized spacial score (nSPS) is 14.0. The zero-order valence-corrected chi connectivity index (χ0v) is 20.9. The molecule has 1 aliphatic carbocycles. The fraction of sp³-hybridized carbons (Fsp3) is 0.385. The van der Waals surface area contributed by atoms with Gasteiger partial charge < -0.3 is 15.5 Å². The standard InChI is InChI=1S/C26H32N6O3/c1-30(2)22(33)18-8-10-20-16(14-18)6-7-17-15-19(23(34)31(3)4)9-11-21(17)26(20,12-13-27)24-28-25(35)32(5)29-24/h8-11,14-15H,6-7,12-13,27H2,1-5H3,(H,28,29,35). The van der Waals surface area contributed by atoms with Gasteiger partial charge in [-0.15, -0.1) is 0 Å². The lowest BCUT2D eigenvalue weighted by Gasteiger charge is -2.34. The maximum absolute atomic E-state index is 12.7. The second kappa shape index (κ2) is 9.14. The number of nitrogens with two attached hydrogens (primary N) is 1. The van der Waals surface area contributed by atoms with Crippen molar-refractivity contribution in [2.24, 2.45) is 12.8 Å². The number of aromatic amines is 1. The SMILES string of the molecule is CN(C)C(=O)c1ccc2c(c1)CCc1cc(C(=O)N(C)C)ccc1C2(CCN)c1nn(C)c(=O)[nH]1. The molecule has 9 nitrogen and oxygen atoms in total. The molecule has 1 aromatic heterocycles. The van der Waals surface area contributed by atoms with E-state index in [0.717, 1.165) is 22.3 Å². The number of nitrogens with zero attached hydrogens (tertiary/aromatic N) is 4. The second-order valence-corrected chi connectivity index (χ2v) is 9.49. The smallest absolute Gasteiger partial charge is 0.343 e. The van der Waals surface area contributed by atoms with Crippen LogP contribution in [0.25, 0.3) is 0 Å². The van der Waals surface area contributed by atoms with Crippen molar-refractivity contribution in [3.05, 3.63) is 86.1 Å². The molecular formula is C26H32N6O3. The van der Waals surface area contributed by atoms with E-state index in [2.05, 4.69) is 10.1 Å². The summed E-state index contributed by atoms with van der Waals surface area (Å²) in [6.45, 7) is 0.342. The first-order chi connectivity index (χ1) is 16.6. The number of amides is 2. The summed E-state index contributed by atoms with van der Waals surface area (Å²) in [6.07, 6.45) is 1.82. The molecule has 3 N–H and O–H groups in total. The van der Waals surface area contributed by atoms with Crippen LogP contribution in [-0.2, 0) is 25.3 Å². The van der Waals surface area contributed by atoms with E-state index in [0.29, 0.717) is 42.8 Å². The lowest BCUT2D eigenvalue weighted by Crippen LogP contribution is -2.35. The highest BCUT2D eigenvalue weighted by atomic mass is 16.2. The van der Waals surface area contributed by atoms with E-state index in [1.165, 1.54) is 4.68 Å². The predicted molar refractivity (Wildman–Crippen MR) is 134 cm³/mol. The Bertz CT molecular complexity index is 1280. The Hall–Kier alpha value is -3.72. The van der Waals surface area contributed by atoms with E-state index in [9.17, 15) is 14.4 Å². The van der Waals surface area contributed by atoms with Gasteiger partial charge in [0.2, 0.25) is 0 Å². The number of H-pyrrole nitrogens is 1. The number of aromatic nitrogens is 3. The van der Waals surface area contributed by atoms with Gasteiger partial charge in [-0.2, -0.15) is 5.10 Å². The summed E-state index contributed by atoms with van der Waals surface area (Å²) in [7, 11) is 8.51. The molecule has 0 bridgehead atoms. The Balaban J connectivity index is 2.03. The Morgan fingerprint density at radius 1 is 0.971 bits per heavy atom. The maximum Gasteiger partial charge on any atom is 0.343 e. The minimum absolute atomic E-state index is 0.0795. The van der Waals surface area contributed by atoms with Gasteiger partial charge in [0.15, 0.2) is 0 Å². The topological polar surface area (TPSA) is 117 Å². The van der Waals surface area contributed by atoms with Crippen molar-refractivity contribution in [3.8, 4) is 0 Å². The zero-order valence-electron chi connectivity index (χ0n) is 20.9. The molecule has 2 aromatic carbocycles. The van der Waals surface area contributed by atoms with Crippen molar-refractivity contribution in [1.82, 2.24) is 24.6 Å². The third-order valence-electron chi connectivity index (χ3n) is 6.79. The number of nitrogens with one attached hydrogen (secondary N) is 1. The summed E-state index contributed by atoms with van der Waals surface area (Å²) in [6, 6.07) is 11.4. The van der Waals surface area contributed by atoms with Crippen molar-refractivity contribution in [3.63, 3.8) is 0 Å². The molecule has 35 heavy (non-hydrogen) atoms. The van der Waals surface area contributed by atoms with Crippen molar-refractivity contribution in [1.29, 1.82) is 0 Å². The third kappa shape index (κ3) is 4.05. The third-order valence-corrected chi connectivity index (χ3v) is 6.79. The number of hydrogen-bond acceptors (Lipinski definition) is 5. The van der Waals surface area contributed by atoms with Gasteiger partial charge in [-0.1, -0.05) is 12.1 Å². The van der Waals surface area contributed by atoms with Crippen LogP contribution < -0.4 is 11.4 Å². The van der Waals surface area contributed by atoms with Crippen LogP contribution >= 0.6 is 0 Å². The van der Waals surface area contributed by atoms with Crippen LogP contribution in [0.15, 0.2) is 41.2 Å². The van der Waals surface area contributed by atoms with Gasteiger partial charge in [-0.3, -0.25) is 14.6 Å². The average Bonchev–Trinajstić information content (AvgIpc) is 3.10. The molecule has 0 saturated carbocycles. The van der Waals surface area contributed by atoms with E-state index in [4.69, 9.17) is 5.73 Å². The number of carbonyl (C=O) groups is 2. The summed E-state index contributed by atoms with van der Waals surface area (Å²) in [5, 5.41) is 4.58. The van der Waals surface area contributed by atoms with E-state index in [1.807, 2.05) is 36.4 Å². The van der Waals surface area contributed by atoms with Gasteiger partial charge in [-0.25, -0.2) is 9.48 Å². The van der Waals surface area contributed by atoms with Crippen LogP contribution in [0.2, 0.25) is 0 Å². The molecule has 0 radical (unpaired) electrons. The molecule has 0 fully saturated rings. The first-order valence-corrected chi connectivity index (χ1v) is 11.6. The number of hydrogen-bond donors (Lipinski definition) is 2. The molecule has 1 aliphatic rings. The molecule has 9 heteroatoms. The first-order valence-electron chi connectivity index (χ1n) is 11.6. The van der Waals surface area contributed by atoms with Crippen molar-refractivity contribution in [2.75, 3.05) is 34.7 Å². The Morgan fingerprint density at radius 2 is 1.46 bits per heavy atom. The van der Waals surface area contributed by atoms with Crippen LogP contribution in [-0.4, -0.2) is 71.1 Å². The number of fused-ring (bicyclic) bond motifs is 2. The number of aryl methyl sites for hydroxylation is 3. The average molecular weight is 477 g/mol. The Morgan fingerprint density at radius 3 is 1.83 bits per heavy atom. The van der Waals surface area contributed by atoms with Gasteiger partial charge in [0, 0.05) is 46.4 Å². The number of benzene rings is 2. The molecule has 0 spiro atoms. The summed E-state index contributed by atoms with van der Waals surface area (Å²) >= 11 is 0. The lowest BCUT2D eigenvalue weighted by atomic mass is 9.69. The van der Waals surface area contributed by atoms with E-state index in [1.54, 1.807) is 45.0 Å². The van der Waals surface area contributed by atoms with Gasteiger partial charge in [0.05, 0.1) is 5.41 Å². The Labute approximate surface area is 204 Å². The highest BCUT2D eigenvalue weighted by Crippen LogP contribution is 2.46. The monoisotopic (exact) mass is 476 g/mol. The van der Waals surface area contributed by atoms with Crippen LogP contribution in [0.1, 0.15) is 55.2 Å². The summed E-state index contributed by atoms with van der Waals surface area (Å²) in [4.78, 5) is 44.0. The number of rotatable bonds is 5. The minimum Gasteiger partial charge on any atom is -0.345 e. The van der Waals surface area contributed by atoms with Gasteiger partial charge in [0.1, 0.15) is 5.82 Å². The largest absolute Gasteiger partial charge is 0.345 e. The molecule has 2 amide bonds. The summed E-state index contributed by atoms with van der Waals surface area (Å²) in [5.74, 6) is 0.339. The highest BCUT2D eigenvalue weighted by Gasteiger charge is 2.43.